The summed E-state index contributed by atoms with van der Waals surface area (Å²) in [5, 5.41) is 0. The maximum absolute atomic E-state index is 13.0. The van der Waals surface area contributed by atoms with Crippen LogP contribution in [-0.2, 0) is 6.42 Å². The zero-order valence-corrected chi connectivity index (χ0v) is 9.25. The van der Waals surface area contributed by atoms with Gasteiger partial charge in [-0.25, -0.2) is 4.39 Å². The molecule has 0 saturated carbocycles. The molecule has 2 aromatic heterocycles. The van der Waals surface area contributed by atoms with E-state index in [1.165, 1.54) is 12.3 Å². The van der Waals surface area contributed by atoms with Crippen LogP contribution in [0.25, 0.3) is 0 Å². The molecule has 2 rings (SSSR count). The Morgan fingerprint density at radius 1 is 1.38 bits per heavy atom. The first-order chi connectivity index (χ1) is 7.79. The van der Waals surface area contributed by atoms with E-state index in [9.17, 15) is 4.39 Å². The number of nitrogens with two attached hydrogens (primary N) is 1. The van der Waals surface area contributed by atoms with Crippen LogP contribution in [0.2, 0.25) is 0 Å². The molecule has 84 valence electrons. The monoisotopic (exact) mass is 238 g/mol. The van der Waals surface area contributed by atoms with Crippen molar-refractivity contribution in [3.63, 3.8) is 0 Å². The topological polar surface area (TPSA) is 63.8 Å². The highest BCUT2D eigenvalue weighted by Gasteiger charge is 2.12. The van der Waals surface area contributed by atoms with E-state index in [1.807, 2.05) is 0 Å². The lowest BCUT2D eigenvalue weighted by Crippen LogP contribution is -2.29. The predicted molar refractivity (Wildman–Crippen MR) is 60.1 cm³/mol. The third-order valence-corrected chi connectivity index (χ3v) is 3.02. The Balaban J connectivity index is 2.16. The van der Waals surface area contributed by atoms with Crippen molar-refractivity contribution in [3.05, 3.63) is 46.4 Å². The first-order valence-electron chi connectivity index (χ1n) is 4.73. The van der Waals surface area contributed by atoms with Crippen molar-refractivity contribution in [2.75, 3.05) is 0 Å². The number of nitrogens with one attached hydrogen (secondary N) is 1. The lowest BCUT2D eigenvalue weighted by atomic mass is 10.1. The SMILES string of the molecule is NNC(Cc1cncs1)c1cncc(F)c1. The quantitative estimate of drug-likeness (QED) is 0.624. The molecule has 2 heterocycles. The molecule has 1 atom stereocenters. The molecule has 1 unspecified atom stereocenters. The average Bonchev–Trinajstić information content (AvgIpc) is 2.78. The first-order valence-corrected chi connectivity index (χ1v) is 5.61. The Morgan fingerprint density at radius 3 is 2.88 bits per heavy atom. The van der Waals surface area contributed by atoms with Crippen LogP contribution in [-0.4, -0.2) is 9.97 Å². The molecule has 0 aliphatic carbocycles. The van der Waals surface area contributed by atoms with E-state index in [4.69, 9.17) is 5.84 Å². The van der Waals surface area contributed by atoms with Gasteiger partial charge in [0.25, 0.3) is 0 Å². The number of hydrazine groups is 1. The summed E-state index contributed by atoms with van der Waals surface area (Å²) in [6, 6.07) is 1.28. The minimum absolute atomic E-state index is 0.149. The Bertz CT molecular complexity index is 446. The van der Waals surface area contributed by atoms with Gasteiger partial charge in [0.15, 0.2) is 0 Å². The molecular weight excluding hydrogens is 227 g/mol. The van der Waals surface area contributed by atoms with Crippen LogP contribution in [0.3, 0.4) is 0 Å². The molecule has 3 N–H and O–H groups in total. The number of nitrogens with zero attached hydrogens (tertiary/aromatic N) is 2. The van der Waals surface area contributed by atoms with Crippen LogP contribution < -0.4 is 11.3 Å². The van der Waals surface area contributed by atoms with E-state index in [1.54, 1.807) is 29.2 Å². The van der Waals surface area contributed by atoms with Gasteiger partial charge in [-0.1, -0.05) is 0 Å². The van der Waals surface area contributed by atoms with Crippen molar-refractivity contribution < 1.29 is 4.39 Å². The van der Waals surface area contributed by atoms with E-state index in [0.29, 0.717) is 6.42 Å². The molecule has 2 aromatic rings. The van der Waals surface area contributed by atoms with Gasteiger partial charge in [-0.3, -0.25) is 21.2 Å². The van der Waals surface area contributed by atoms with Gasteiger partial charge in [0.1, 0.15) is 5.82 Å². The molecule has 4 nitrogen and oxygen atoms in total. The molecule has 0 spiro atoms. The summed E-state index contributed by atoms with van der Waals surface area (Å²) in [5.41, 5.74) is 5.15. The maximum atomic E-state index is 13.0. The first kappa shape index (κ1) is 11.1. The smallest absolute Gasteiger partial charge is 0.141 e. The largest absolute Gasteiger partial charge is 0.271 e. The Morgan fingerprint density at radius 2 is 2.25 bits per heavy atom. The maximum Gasteiger partial charge on any atom is 0.141 e. The third kappa shape index (κ3) is 2.60. The van der Waals surface area contributed by atoms with Crippen molar-refractivity contribution in [3.8, 4) is 0 Å². The van der Waals surface area contributed by atoms with Gasteiger partial charge in [0, 0.05) is 23.7 Å². The van der Waals surface area contributed by atoms with Gasteiger partial charge in [-0.2, -0.15) is 0 Å². The van der Waals surface area contributed by atoms with Crippen molar-refractivity contribution >= 4 is 11.3 Å². The van der Waals surface area contributed by atoms with Gasteiger partial charge >= 0.3 is 0 Å². The predicted octanol–water partition coefficient (Wildman–Crippen LogP) is 1.42. The molecule has 0 amide bonds. The number of pyridine rings is 1. The number of hydrogen-bond acceptors (Lipinski definition) is 5. The van der Waals surface area contributed by atoms with E-state index in [2.05, 4.69) is 15.4 Å². The van der Waals surface area contributed by atoms with Crippen LogP contribution >= 0.6 is 11.3 Å². The summed E-state index contributed by atoms with van der Waals surface area (Å²) < 4.78 is 13.0. The molecule has 0 fully saturated rings. The Labute approximate surface area is 96.3 Å². The Kier molecular flexibility index (Phi) is 3.55. The van der Waals surface area contributed by atoms with Crippen molar-refractivity contribution in [1.29, 1.82) is 0 Å². The summed E-state index contributed by atoms with van der Waals surface area (Å²) in [6.45, 7) is 0. The second kappa shape index (κ2) is 5.11. The molecule has 16 heavy (non-hydrogen) atoms. The van der Waals surface area contributed by atoms with Gasteiger partial charge in [-0.05, 0) is 11.6 Å². The van der Waals surface area contributed by atoms with E-state index in [-0.39, 0.29) is 11.9 Å². The molecule has 0 bridgehead atoms. The van der Waals surface area contributed by atoms with Crippen molar-refractivity contribution in [1.82, 2.24) is 15.4 Å². The number of halogens is 1. The fraction of sp³-hybridized carbons (Fsp3) is 0.200. The fourth-order valence-electron chi connectivity index (χ4n) is 1.44. The zero-order chi connectivity index (χ0) is 11.4. The third-order valence-electron chi connectivity index (χ3n) is 2.22. The standard InChI is InChI=1S/C10H11FN4S/c11-8-1-7(3-13-4-8)10(15-12)2-9-5-14-6-16-9/h1,3-6,10,15H,2,12H2. The van der Waals surface area contributed by atoms with Crippen LogP contribution in [0.15, 0.2) is 30.2 Å². The van der Waals surface area contributed by atoms with Crippen LogP contribution in [0.5, 0.6) is 0 Å². The van der Waals surface area contributed by atoms with Crippen LogP contribution in [0.1, 0.15) is 16.5 Å². The van der Waals surface area contributed by atoms with Crippen LogP contribution in [0.4, 0.5) is 4.39 Å². The molecule has 0 aliphatic rings. The normalized spacial score (nSPS) is 12.6. The zero-order valence-electron chi connectivity index (χ0n) is 8.43. The van der Waals surface area contributed by atoms with Gasteiger partial charge in [0.05, 0.1) is 17.7 Å². The highest BCUT2D eigenvalue weighted by atomic mass is 32.1. The highest BCUT2D eigenvalue weighted by Crippen LogP contribution is 2.19. The van der Waals surface area contributed by atoms with Gasteiger partial charge in [-0.15, -0.1) is 11.3 Å². The summed E-state index contributed by atoms with van der Waals surface area (Å²) in [5.74, 6) is 5.10. The molecule has 0 aliphatic heterocycles. The van der Waals surface area contributed by atoms with Crippen molar-refractivity contribution in [2.24, 2.45) is 5.84 Å². The second-order valence-corrected chi connectivity index (χ2v) is 4.30. The second-order valence-electron chi connectivity index (χ2n) is 3.33. The summed E-state index contributed by atoms with van der Waals surface area (Å²) in [7, 11) is 0. The summed E-state index contributed by atoms with van der Waals surface area (Å²) >= 11 is 1.54. The Hall–Kier alpha value is -1.37. The van der Waals surface area contributed by atoms with E-state index >= 15 is 0 Å². The molecule has 0 aromatic carbocycles. The number of hydrogen-bond donors (Lipinski definition) is 2. The minimum Gasteiger partial charge on any atom is -0.271 e. The van der Waals surface area contributed by atoms with E-state index in [0.717, 1.165) is 10.4 Å². The molecule has 6 heteroatoms. The van der Waals surface area contributed by atoms with Crippen molar-refractivity contribution in [2.45, 2.75) is 12.5 Å². The number of rotatable bonds is 4. The molecule has 0 radical (unpaired) electrons. The highest BCUT2D eigenvalue weighted by molar-refractivity contribution is 7.09. The van der Waals surface area contributed by atoms with Gasteiger partial charge < -0.3 is 0 Å². The van der Waals surface area contributed by atoms with Gasteiger partial charge in [0.2, 0.25) is 0 Å². The average molecular weight is 238 g/mol. The number of thiazole rings is 1. The minimum atomic E-state index is -0.359. The summed E-state index contributed by atoms with van der Waals surface area (Å²) in [6.07, 6.45) is 5.23. The van der Waals surface area contributed by atoms with Crippen LogP contribution in [0, 0.1) is 5.82 Å². The van der Waals surface area contributed by atoms with E-state index < -0.39 is 0 Å². The molecular formula is C10H11FN4S. The lowest BCUT2D eigenvalue weighted by molar-refractivity contribution is 0.544. The lowest BCUT2D eigenvalue weighted by Gasteiger charge is -2.14. The molecule has 0 saturated heterocycles. The number of aromatic nitrogens is 2. The fourth-order valence-corrected chi connectivity index (χ4v) is 2.08. The summed E-state index contributed by atoms with van der Waals surface area (Å²) in [4.78, 5) is 8.87.